The number of ether oxygens (including phenoxy) is 3. The van der Waals surface area contributed by atoms with Crippen LogP contribution in [-0.4, -0.2) is 73.2 Å². The normalized spacial score (nSPS) is 19.3. The average molecular weight is 581 g/mol. The lowest BCUT2D eigenvalue weighted by Gasteiger charge is -2.32. The fourth-order valence-corrected chi connectivity index (χ4v) is 5.03. The van der Waals surface area contributed by atoms with Gasteiger partial charge in [0, 0.05) is 41.4 Å². The van der Waals surface area contributed by atoms with Crippen LogP contribution in [0.5, 0.6) is 0 Å². The van der Waals surface area contributed by atoms with Crippen LogP contribution in [-0.2, 0) is 23.8 Å². The second kappa shape index (κ2) is 12.0. The maximum Gasteiger partial charge on any atom is 0.347 e. The fraction of sp³-hybridized carbons (Fsp3) is 0.417. The van der Waals surface area contributed by atoms with Gasteiger partial charge in [0.25, 0.3) is 0 Å². The van der Waals surface area contributed by atoms with Crippen LogP contribution >= 0.6 is 27.3 Å². The molecular formula is C24H26BrFN4O5S. The zero-order valence-electron chi connectivity index (χ0n) is 19.8. The topological polar surface area (TPSA) is 102 Å². The lowest BCUT2D eigenvalue weighted by atomic mass is 9.95. The summed E-state index contributed by atoms with van der Waals surface area (Å²) in [6.45, 7) is 6.21. The van der Waals surface area contributed by atoms with Crippen molar-refractivity contribution in [3.63, 3.8) is 0 Å². The number of thiazole rings is 1. The summed E-state index contributed by atoms with van der Waals surface area (Å²) in [5.74, 6) is -1.29. The monoisotopic (exact) mass is 580 g/mol. The first kappa shape index (κ1) is 26.4. The van der Waals surface area contributed by atoms with Crippen LogP contribution < -0.4 is 5.32 Å². The van der Waals surface area contributed by atoms with E-state index in [9.17, 15) is 14.0 Å². The summed E-state index contributed by atoms with van der Waals surface area (Å²) in [4.78, 5) is 37.1. The third kappa shape index (κ3) is 6.17. The molecular weight excluding hydrogens is 555 g/mol. The molecule has 0 saturated carbocycles. The molecule has 4 rings (SSSR count). The zero-order chi connectivity index (χ0) is 25.7. The van der Waals surface area contributed by atoms with Gasteiger partial charge in [-0.3, -0.25) is 9.89 Å². The van der Waals surface area contributed by atoms with E-state index in [0.717, 1.165) is 0 Å². The fourth-order valence-electron chi connectivity index (χ4n) is 3.87. The number of carbonyl (C=O) groups is 2. The number of amidine groups is 1. The summed E-state index contributed by atoms with van der Waals surface area (Å²) < 4.78 is 30.4. The third-order valence-electron chi connectivity index (χ3n) is 5.63. The van der Waals surface area contributed by atoms with E-state index in [0.29, 0.717) is 59.4 Å². The van der Waals surface area contributed by atoms with Gasteiger partial charge in [-0.1, -0.05) is 22.0 Å². The minimum Gasteiger partial charge on any atom is -0.463 e. The molecule has 0 aliphatic carbocycles. The first-order valence-electron chi connectivity index (χ1n) is 11.5. The van der Waals surface area contributed by atoms with Crippen molar-refractivity contribution in [1.29, 1.82) is 0 Å². The Bertz CT molecular complexity index is 1170. The van der Waals surface area contributed by atoms with E-state index in [2.05, 4.69) is 31.1 Å². The van der Waals surface area contributed by atoms with Crippen molar-refractivity contribution >= 4 is 45.0 Å². The number of hydrogen-bond donors (Lipinski definition) is 1. The van der Waals surface area contributed by atoms with E-state index in [1.54, 1.807) is 19.2 Å². The number of rotatable bonds is 8. The maximum atomic E-state index is 13.9. The van der Waals surface area contributed by atoms with E-state index in [1.165, 1.54) is 30.4 Å². The smallest absolute Gasteiger partial charge is 0.347 e. The van der Waals surface area contributed by atoms with Crippen molar-refractivity contribution in [2.75, 3.05) is 39.5 Å². The van der Waals surface area contributed by atoms with E-state index < -0.39 is 29.9 Å². The molecule has 0 amide bonds. The summed E-state index contributed by atoms with van der Waals surface area (Å²) in [6.07, 6.45) is 0.555. The molecule has 0 bridgehead atoms. The minimum atomic E-state index is -1.11. The van der Waals surface area contributed by atoms with Crippen LogP contribution in [0.25, 0.3) is 0 Å². The van der Waals surface area contributed by atoms with Gasteiger partial charge in [0.1, 0.15) is 11.9 Å². The number of halogens is 2. The number of hydrogen-bond acceptors (Lipinski definition) is 10. The molecule has 1 fully saturated rings. The number of benzene rings is 1. The van der Waals surface area contributed by atoms with Gasteiger partial charge in [0.2, 0.25) is 0 Å². The van der Waals surface area contributed by atoms with Gasteiger partial charge in [0.05, 0.1) is 25.4 Å². The number of aromatic nitrogens is 1. The molecule has 0 spiro atoms. The van der Waals surface area contributed by atoms with Gasteiger partial charge in [-0.2, -0.15) is 0 Å². The molecule has 2 aliphatic rings. The standard InChI is InChI=1S/C24H26BrFN4O5S/c1-3-34-23(31)14(2)35-24(32)19-18(13-30-7-9-33-10-8-30)28-21(22-27-6-11-36-22)29-20(19)16-5-4-15(26)12-17(16)25/h4-6,11-12,14,20H,3,7-10,13H2,1-2H3,(H,28,29)/t14-,20+/m1/s1. The molecule has 2 atom stereocenters. The predicted octanol–water partition coefficient (Wildman–Crippen LogP) is 3.22. The van der Waals surface area contributed by atoms with Crippen LogP contribution in [0.15, 0.2) is 50.5 Å². The molecule has 36 heavy (non-hydrogen) atoms. The Kier molecular flexibility index (Phi) is 8.83. The second-order valence-electron chi connectivity index (χ2n) is 8.09. The molecule has 2 aromatic rings. The molecule has 9 nitrogen and oxygen atoms in total. The number of carbonyl (C=O) groups excluding carboxylic acids is 2. The quantitative estimate of drug-likeness (QED) is 0.475. The van der Waals surface area contributed by atoms with E-state index in [1.807, 2.05) is 5.38 Å². The van der Waals surface area contributed by atoms with Crippen molar-refractivity contribution in [3.8, 4) is 0 Å². The largest absolute Gasteiger partial charge is 0.463 e. The molecule has 0 unspecified atom stereocenters. The van der Waals surface area contributed by atoms with E-state index in [4.69, 9.17) is 19.2 Å². The first-order valence-corrected chi connectivity index (χ1v) is 13.1. The number of esters is 2. The lowest BCUT2D eigenvalue weighted by molar-refractivity contribution is -0.164. The molecule has 1 aromatic heterocycles. The van der Waals surface area contributed by atoms with E-state index >= 15 is 0 Å². The highest BCUT2D eigenvalue weighted by atomic mass is 79.9. The van der Waals surface area contributed by atoms with Crippen molar-refractivity contribution in [2.45, 2.75) is 26.0 Å². The molecule has 192 valence electrons. The maximum absolute atomic E-state index is 13.9. The molecule has 12 heteroatoms. The summed E-state index contributed by atoms with van der Waals surface area (Å²) in [6, 6.07) is 3.37. The van der Waals surface area contributed by atoms with Crippen LogP contribution in [0.3, 0.4) is 0 Å². The van der Waals surface area contributed by atoms with Crippen molar-refractivity contribution < 1.29 is 28.2 Å². The zero-order valence-corrected chi connectivity index (χ0v) is 22.2. The van der Waals surface area contributed by atoms with Crippen LogP contribution in [0.4, 0.5) is 4.39 Å². The second-order valence-corrected chi connectivity index (χ2v) is 9.84. The Morgan fingerprint density at radius 2 is 2.14 bits per heavy atom. The lowest BCUT2D eigenvalue weighted by Crippen LogP contribution is -2.43. The Labute approximate surface area is 220 Å². The van der Waals surface area contributed by atoms with Gasteiger partial charge in [0.15, 0.2) is 16.9 Å². The Morgan fingerprint density at radius 3 is 2.81 bits per heavy atom. The minimum absolute atomic E-state index is 0.167. The molecule has 1 N–H and O–H groups in total. The third-order valence-corrected chi connectivity index (χ3v) is 7.09. The number of nitrogens with zero attached hydrogens (tertiary/aromatic N) is 3. The van der Waals surface area contributed by atoms with Gasteiger partial charge in [-0.25, -0.2) is 19.0 Å². The van der Waals surface area contributed by atoms with Gasteiger partial charge in [-0.15, -0.1) is 11.3 Å². The highest BCUT2D eigenvalue weighted by Crippen LogP contribution is 2.37. The van der Waals surface area contributed by atoms with Crippen molar-refractivity contribution in [1.82, 2.24) is 15.2 Å². The molecule has 1 aromatic carbocycles. The molecule has 3 heterocycles. The van der Waals surface area contributed by atoms with Crippen LogP contribution in [0.1, 0.15) is 30.5 Å². The van der Waals surface area contributed by atoms with Gasteiger partial charge < -0.3 is 19.5 Å². The SMILES string of the molecule is CCOC(=O)[C@@H](C)OC(=O)C1=C(CN2CCOCC2)NC(c2nccs2)=N[C@H]1c1ccc(F)cc1Br. The molecule has 0 radical (unpaired) electrons. The highest BCUT2D eigenvalue weighted by molar-refractivity contribution is 9.10. The van der Waals surface area contributed by atoms with Crippen molar-refractivity contribution in [2.24, 2.45) is 4.99 Å². The number of morpholine rings is 1. The molecule has 2 aliphatic heterocycles. The van der Waals surface area contributed by atoms with Crippen LogP contribution in [0, 0.1) is 5.82 Å². The van der Waals surface area contributed by atoms with Crippen molar-refractivity contribution in [3.05, 3.63) is 61.9 Å². The Hall–Kier alpha value is -2.67. The number of nitrogens with one attached hydrogen (secondary N) is 1. The summed E-state index contributed by atoms with van der Waals surface area (Å²) in [7, 11) is 0. The average Bonchev–Trinajstić information content (AvgIpc) is 3.39. The van der Waals surface area contributed by atoms with Gasteiger partial charge >= 0.3 is 11.9 Å². The Morgan fingerprint density at radius 1 is 1.36 bits per heavy atom. The highest BCUT2D eigenvalue weighted by Gasteiger charge is 2.36. The van der Waals surface area contributed by atoms with Crippen LogP contribution in [0.2, 0.25) is 0 Å². The predicted molar refractivity (Wildman–Crippen MR) is 135 cm³/mol. The summed E-state index contributed by atoms with van der Waals surface area (Å²) >= 11 is 4.82. The summed E-state index contributed by atoms with van der Waals surface area (Å²) in [5.41, 5.74) is 1.37. The van der Waals surface area contributed by atoms with E-state index in [-0.39, 0.29) is 12.2 Å². The number of aliphatic imine (C=N–C) groups is 1. The summed E-state index contributed by atoms with van der Waals surface area (Å²) in [5, 5.41) is 5.76. The van der Waals surface area contributed by atoms with Gasteiger partial charge in [-0.05, 0) is 31.5 Å². The molecule has 1 saturated heterocycles. The first-order chi connectivity index (χ1) is 17.4. The Balaban J connectivity index is 1.78.